The van der Waals surface area contributed by atoms with Crippen molar-refractivity contribution >= 4 is 0 Å². The zero-order valence-electron chi connectivity index (χ0n) is 7.97. The maximum Gasteiger partial charge on any atom is 0.115 e. The monoisotopic (exact) mass is 207 g/mol. The van der Waals surface area contributed by atoms with Crippen molar-refractivity contribution in [2.24, 2.45) is 0 Å². The molecular formula is C10H10FN3O. The lowest BCUT2D eigenvalue weighted by Gasteiger charge is -2.07. The van der Waals surface area contributed by atoms with E-state index in [0.29, 0.717) is 16.8 Å². The van der Waals surface area contributed by atoms with Gasteiger partial charge in [0.05, 0.1) is 24.7 Å². The molecule has 0 aliphatic rings. The second kappa shape index (κ2) is 4.18. The maximum atomic E-state index is 12.4. The van der Waals surface area contributed by atoms with Crippen molar-refractivity contribution in [3.05, 3.63) is 41.7 Å². The average molecular weight is 207 g/mol. The van der Waals surface area contributed by atoms with Crippen molar-refractivity contribution in [3.8, 4) is 5.69 Å². The van der Waals surface area contributed by atoms with E-state index < -0.39 is 6.67 Å². The largest absolute Gasteiger partial charge is 0.392 e. The fraction of sp³-hybridized carbons (Fsp3) is 0.200. The summed E-state index contributed by atoms with van der Waals surface area (Å²) in [5.74, 6) is 0. The Morgan fingerprint density at radius 2 is 2.00 bits per heavy atom. The minimum atomic E-state index is -0.542. The number of aliphatic hydroxyl groups excluding tert-OH is 1. The third-order valence-electron chi connectivity index (χ3n) is 2.10. The molecule has 0 atom stereocenters. The fourth-order valence-electron chi connectivity index (χ4n) is 1.38. The van der Waals surface area contributed by atoms with Crippen LogP contribution in [-0.2, 0) is 13.3 Å². The molecule has 4 nitrogen and oxygen atoms in total. The van der Waals surface area contributed by atoms with Crippen LogP contribution < -0.4 is 0 Å². The Balaban J connectivity index is 2.48. The third-order valence-corrected chi connectivity index (χ3v) is 2.10. The van der Waals surface area contributed by atoms with Crippen LogP contribution in [0.15, 0.2) is 30.6 Å². The highest BCUT2D eigenvalue weighted by Crippen LogP contribution is 2.15. The van der Waals surface area contributed by atoms with Crippen LogP contribution >= 0.6 is 0 Å². The molecule has 78 valence electrons. The first-order valence-electron chi connectivity index (χ1n) is 4.50. The predicted molar refractivity (Wildman–Crippen MR) is 52.1 cm³/mol. The number of nitrogens with zero attached hydrogens (tertiary/aromatic N) is 3. The van der Waals surface area contributed by atoms with E-state index in [0.717, 1.165) is 0 Å². The summed E-state index contributed by atoms with van der Waals surface area (Å²) in [6, 6.07) is 4.96. The van der Waals surface area contributed by atoms with Gasteiger partial charge in [0, 0.05) is 5.56 Å². The van der Waals surface area contributed by atoms with Crippen molar-refractivity contribution in [2.75, 3.05) is 0 Å². The number of hydrogen-bond acceptors (Lipinski definition) is 3. The van der Waals surface area contributed by atoms with E-state index in [1.807, 2.05) is 0 Å². The van der Waals surface area contributed by atoms with Crippen LogP contribution in [0.5, 0.6) is 0 Å². The number of aromatic nitrogens is 3. The number of hydrogen-bond donors (Lipinski definition) is 1. The summed E-state index contributed by atoms with van der Waals surface area (Å²) in [6.45, 7) is -0.704. The zero-order chi connectivity index (χ0) is 10.7. The molecule has 0 saturated heterocycles. The van der Waals surface area contributed by atoms with Gasteiger partial charge >= 0.3 is 0 Å². The molecule has 0 radical (unpaired) electrons. The smallest absolute Gasteiger partial charge is 0.115 e. The molecule has 1 N–H and O–H groups in total. The molecule has 1 aromatic heterocycles. The summed E-state index contributed by atoms with van der Waals surface area (Å²) in [5.41, 5.74) is 1.82. The van der Waals surface area contributed by atoms with Gasteiger partial charge in [-0.2, -0.15) is 15.0 Å². The van der Waals surface area contributed by atoms with Crippen LogP contribution in [0, 0.1) is 0 Å². The normalized spacial score (nSPS) is 10.5. The Kier molecular flexibility index (Phi) is 2.73. The summed E-state index contributed by atoms with van der Waals surface area (Å²) in [4.78, 5) is 1.40. The van der Waals surface area contributed by atoms with Gasteiger partial charge in [-0.25, -0.2) is 4.39 Å². The van der Waals surface area contributed by atoms with Crippen molar-refractivity contribution in [3.63, 3.8) is 0 Å². The van der Waals surface area contributed by atoms with Crippen LogP contribution in [-0.4, -0.2) is 20.1 Å². The molecule has 0 bridgehead atoms. The molecule has 0 fully saturated rings. The molecule has 15 heavy (non-hydrogen) atoms. The number of benzene rings is 1. The molecule has 0 aliphatic carbocycles. The highest BCUT2D eigenvalue weighted by atomic mass is 19.1. The van der Waals surface area contributed by atoms with Crippen LogP contribution in [0.4, 0.5) is 4.39 Å². The standard InChI is InChI=1S/C10H10FN3O/c11-6-8-1-2-10(9(5-8)7-15)14-12-3-4-13-14/h1-5,15H,6-7H2. The van der Waals surface area contributed by atoms with Crippen LogP contribution in [0.2, 0.25) is 0 Å². The van der Waals surface area contributed by atoms with Gasteiger partial charge in [-0.3, -0.25) is 0 Å². The first-order valence-corrected chi connectivity index (χ1v) is 4.50. The molecule has 1 aromatic carbocycles. The van der Waals surface area contributed by atoms with E-state index in [1.165, 1.54) is 4.80 Å². The number of rotatable bonds is 3. The van der Waals surface area contributed by atoms with E-state index in [2.05, 4.69) is 10.2 Å². The van der Waals surface area contributed by atoms with Gasteiger partial charge < -0.3 is 5.11 Å². The predicted octanol–water partition coefficient (Wildman–Crippen LogP) is 1.23. The van der Waals surface area contributed by atoms with Crippen molar-refractivity contribution in [1.29, 1.82) is 0 Å². The number of alkyl halides is 1. The Bertz CT molecular complexity index is 442. The first-order chi connectivity index (χ1) is 7.35. The molecule has 0 spiro atoms. The quantitative estimate of drug-likeness (QED) is 0.823. The van der Waals surface area contributed by atoms with Crippen LogP contribution in [0.1, 0.15) is 11.1 Å². The highest BCUT2D eigenvalue weighted by Gasteiger charge is 2.06. The first kappa shape index (κ1) is 9.79. The molecule has 2 rings (SSSR count). The fourth-order valence-corrected chi connectivity index (χ4v) is 1.38. The van der Waals surface area contributed by atoms with Gasteiger partial charge in [-0.15, -0.1) is 0 Å². The Morgan fingerprint density at radius 1 is 1.27 bits per heavy atom. The van der Waals surface area contributed by atoms with Gasteiger partial charge in [0.25, 0.3) is 0 Å². The molecule has 0 aliphatic heterocycles. The summed E-state index contributed by atoms with van der Waals surface area (Å²) in [6.07, 6.45) is 3.09. The Hall–Kier alpha value is -1.75. The van der Waals surface area contributed by atoms with Crippen LogP contribution in [0.3, 0.4) is 0 Å². The second-order valence-electron chi connectivity index (χ2n) is 3.07. The van der Waals surface area contributed by atoms with E-state index >= 15 is 0 Å². The minimum Gasteiger partial charge on any atom is -0.392 e. The van der Waals surface area contributed by atoms with E-state index in [9.17, 15) is 4.39 Å². The second-order valence-corrected chi connectivity index (χ2v) is 3.07. The molecule has 0 amide bonds. The average Bonchev–Trinajstić information content (AvgIpc) is 2.81. The number of aliphatic hydroxyl groups is 1. The van der Waals surface area contributed by atoms with E-state index in [4.69, 9.17) is 5.11 Å². The van der Waals surface area contributed by atoms with Gasteiger partial charge in [-0.05, 0) is 17.7 Å². The SMILES string of the molecule is OCc1cc(CF)ccc1-n1nccn1. The third kappa shape index (κ3) is 1.87. The summed E-state index contributed by atoms with van der Waals surface area (Å²) in [7, 11) is 0. The molecule has 1 heterocycles. The maximum absolute atomic E-state index is 12.4. The summed E-state index contributed by atoms with van der Waals surface area (Å²) < 4.78 is 12.4. The van der Waals surface area contributed by atoms with E-state index in [-0.39, 0.29) is 6.61 Å². The number of halogens is 1. The van der Waals surface area contributed by atoms with Crippen molar-refractivity contribution in [1.82, 2.24) is 15.0 Å². The topological polar surface area (TPSA) is 50.9 Å². The molecule has 2 aromatic rings. The van der Waals surface area contributed by atoms with Crippen molar-refractivity contribution < 1.29 is 9.50 Å². The summed E-state index contributed by atoms with van der Waals surface area (Å²) in [5, 5.41) is 17.0. The van der Waals surface area contributed by atoms with Crippen molar-refractivity contribution in [2.45, 2.75) is 13.3 Å². The lowest BCUT2D eigenvalue weighted by atomic mass is 10.1. The minimum absolute atomic E-state index is 0.162. The lowest BCUT2D eigenvalue weighted by Crippen LogP contribution is -2.03. The Labute approximate surface area is 86.0 Å². The molecule has 0 unspecified atom stereocenters. The van der Waals surface area contributed by atoms with Gasteiger partial charge in [0.2, 0.25) is 0 Å². The zero-order valence-corrected chi connectivity index (χ0v) is 7.97. The van der Waals surface area contributed by atoms with Crippen LogP contribution in [0.25, 0.3) is 5.69 Å². The van der Waals surface area contributed by atoms with Gasteiger partial charge in [0.15, 0.2) is 0 Å². The summed E-state index contributed by atoms with van der Waals surface area (Å²) >= 11 is 0. The highest BCUT2D eigenvalue weighted by molar-refractivity contribution is 5.41. The van der Waals surface area contributed by atoms with Gasteiger partial charge in [0.1, 0.15) is 6.67 Å². The molecular weight excluding hydrogens is 197 g/mol. The Morgan fingerprint density at radius 3 is 2.60 bits per heavy atom. The van der Waals surface area contributed by atoms with E-state index in [1.54, 1.807) is 30.6 Å². The van der Waals surface area contributed by atoms with Gasteiger partial charge in [-0.1, -0.05) is 6.07 Å². The molecule has 0 saturated carbocycles. The molecule has 5 heteroatoms. The lowest BCUT2D eigenvalue weighted by molar-refractivity contribution is 0.280.